The summed E-state index contributed by atoms with van der Waals surface area (Å²) in [5, 5.41) is 0. The van der Waals surface area contributed by atoms with Crippen LogP contribution in [0.3, 0.4) is 0 Å². The van der Waals surface area contributed by atoms with E-state index in [1.165, 1.54) is 14.0 Å². The Morgan fingerprint density at radius 2 is 1.95 bits per heavy atom. The molecule has 0 aliphatic carbocycles. The fourth-order valence-electron chi connectivity index (χ4n) is 2.25. The number of ketones is 1. The molecule has 0 amide bonds. The van der Waals surface area contributed by atoms with Gasteiger partial charge in [-0.3, -0.25) is 9.59 Å². The van der Waals surface area contributed by atoms with Gasteiger partial charge < -0.3 is 14.2 Å². The Labute approximate surface area is 111 Å². The lowest BCUT2D eigenvalue weighted by Gasteiger charge is -2.17. The maximum Gasteiger partial charge on any atom is 0.307 e. The van der Waals surface area contributed by atoms with Crippen LogP contribution in [-0.4, -0.2) is 26.0 Å². The zero-order valence-electron chi connectivity index (χ0n) is 11.1. The van der Waals surface area contributed by atoms with Crippen molar-refractivity contribution >= 4 is 11.8 Å². The van der Waals surface area contributed by atoms with E-state index in [1.807, 2.05) is 0 Å². The van der Waals surface area contributed by atoms with Crippen LogP contribution < -0.4 is 9.47 Å². The van der Waals surface area contributed by atoms with Gasteiger partial charge in [0.1, 0.15) is 11.9 Å². The average molecular weight is 264 g/mol. The van der Waals surface area contributed by atoms with E-state index < -0.39 is 12.0 Å². The molecule has 19 heavy (non-hydrogen) atoms. The van der Waals surface area contributed by atoms with Crippen LogP contribution >= 0.6 is 0 Å². The van der Waals surface area contributed by atoms with Gasteiger partial charge in [-0.25, -0.2) is 0 Å². The first-order chi connectivity index (χ1) is 9.06. The summed E-state index contributed by atoms with van der Waals surface area (Å²) in [5.41, 5.74) is 0.740. The summed E-state index contributed by atoms with van der Waals surface area (Å²) in [6.45, 7) is 1.47. The predicted octanol–water partition coefficient (Wildman–Crippen LogP) is 1.90. The first kappa shape index (κ1) is 13.4. The van der Waals surface area contributed by atoms with E-state index in [2.05, 4.69) is 0 Å². The molecule has 1 aliphatic heterocycles. The van der Waals surface area contributed by atoms with Gasteiger partial charge in [0.25, 0.3) is 0 Å². The maximum atomic E-state index is 11.6. The maximum absolute atomic E-state index is 11.6. The summed E-state index contributed by atoms with van der Waals surface area (Å²) < 4.78 is 15.6. The van der Waals surface area contributed by atoms with E-state index in [-0.39, 0.29) is 18.2 Å². The standard InChI is InChI=1S/C14H16O5/c1-8(15)10-7-13(16)19-14(10)9-4-5-11(17-2)12(6-9)18-3/h4-6,10,14H,7H2,1-3H3/t10-,14-/m0/s1. The second-order valence-corrected chi connectivity index (χ2v) is 4.45. The molecule has 0 bridgehead atoms. The van der Waals surface area contributed by atoms with Crippen LogP contribution in [0.2, 0.25) is 0 Å². The molecule has 0 spiro atoms. The van der Waals surface area contributed by atoms with Gasteiger partial charge in [-0.2, -0.15) is 0 Å². The Hall–Kier alpha value is -2.04. The van der Waals surface area contributed by atoms with Crippen LogP contribution in [0.1, 0.15) is 25.0 Å². The molecule has 1 aliphatic rings. The minimum absolute atomic E-state index is 0.0503. The Morgan fingerprint density at radius 1 is 1.26 bits per heavy atom. The van der Waals surface area contributed by atoms with Crippen molar-refractivity contribution in [3.05, 3.63) is 23.8 Å². The summed E-state index contributed by atoms with van der Waals surface area (Å²) in [6, 6.07) is 5.25. The van der Waals surface area contributed by atoms with Crippen molar-refractivity contribution in [2.75, 3.05) is 14.2 Å². The summed E-state index contributed by atoms with van der Waals surface area (Å²) in [6.07, 6.45) is -0.404. The van der Waals surface area contributed by atoms with Gasteiger partial charge in [-0.1, -0.05) is 6.07 Å². The molecule has 5 heteroatoms. The molecule has 0 saturated carbocycles. The molecular formula is C14H16O5. The van der Waals surface area contributed by atoms with E-state index in [0.29, 0.717) is 11.5 Å². The number of hydrogen-bond acceptors (Lipinski definition) is 5. The number of Topliss-reactive ketones (excluding diaryl/α,β-unsaturated/α-hetero) is 1. The van der Waals surface area contributed by atoms with E-state index in [0.717, 1.165) is 5.56 Å². The third-order valence-corrected chi connectivity index (χ3v) is 3.27. The summed E-state index contributed by atoms with van der Waals surface area (Å²) in [7, 11) is 3.08. The molecule has 102 valence electrons. The molecule has 1 fully saturated rings. The summed E-state index contributed by atoms with van der Waals surface area (Å²) in [4.78, 5) is 23.0. The molecule has 1 aromatic rings. The highest BCUT2D eigenvalue weighted by molar-refractivity contribution is 5.87. The molecule has 1 saturated heterocycles. The zero-order valence-corrected chi connectivity index (χ0v) is 11.1. The number of hydrogen-bond donors (Lipinski definition) is 0. The van der Waals surface area contributed by atoms with E-state index in [1.54, 1.807) is 25.3 Å². The third-order valence-electron chi connectivity index (χ3n) is 3.27. The van der Waals surface area contributed by atoms with Crippen molar-refractivity contribution in [1.29, 1.82) is 0 Å². The van der Waals surface area contributed by atoms with Crippen LogP contribution in [0.25, 0.3) is 0 Å². The molecular weight excluding hydrogens is 248 g/mol. The normalized spacial score (nSPS) is 21.9. The average Bonchev–Trinajstić information content (AvgIpc) is 2.80. The molecule has 5 nitrogen and oxygen atoms in total. The van der Waals surface area contributed by atoms with Gasteiger partial charge in [0.15, 0.2) is 11.5 Å². The fraction of sp³-hybridized carbons (Fsp3) is 0.429. The topological polar surface area (TPSA) is 61.8 Å². The number of rotatable bonds is 4. The molecule has 1 heterocycles. The first-order valence-corrected chi connectivity index (χ1v) is 5.98. The number of carbonyl (C=O) groups is 2. The molecule has 2 atom stereocenters. The lowest BCUT2D eigenvalue weighted by atomic mass is 9.92. The van der Waals surface area contributed by atoms with E-state index in [9.17, 15) is 9.59 Å². The Bertz CT molecular complexity index is 509. The van der Waals surface area contributed by atoms with Crippen molar-refractivity contribution < 1.29 is 23.8 Å². The smallest absolute Gasteiger partial charge is 0.307 e. The Morgan fingerprint density at radius 3 is 2.53 bits per heavy atom. The van der Waals surface area contributed by atoms with E-state index in [4.69, 9.17) is 14.2 Å². The second-order valence-electron chi connectivity index (χ2n) is 4.45. The van der Waals surface area contributed by atoms with Gasteiger partial charge >= 0.3 is 5.97 Å². The quantitative estimate of drug-likeness (QED) is 0.777. The Kier molecular flexibility index (Phi) is 3.74. The largest absolute Gasteiger partial charge is 0.493 e. The fourth-order valence-corrected chi connectivity index (χ4v) is 2.25. The minimum atomic E-state index is -0.537. The summed E-state index contributed by atoms with van der Waals surface area (Å²) >= 11 is 0. The highest BCUT2D eigenvalue weighted by atomic mass is 16.6. The number of esters is 1. The summed E-state index contributed by atoms with van der Waals surface area (Å²) in [5.74, 6) is 0.316. The number of methoxy groups -OCH3 is 2. The number of ether oxygens (including phenoxy) is 3. The van der Waals surface area contributed by atoms with Gasteiger partial charge in [0.2, 0.25) is 0 Å². The number of benzene rings is 1. The lowest BCUT2D eigenvalue weighted by molar-refractivity contribution is -0.141. The van der Waals surface area contributed by atoms with E-state index >= 15 is 0 Å². The number of cyclic esters (lactones) is 1. The van der Waals surface area contributed by atoms with Crippen LogP contribution in [0.4, 0.5) is 0 Å². The Balaban J connectivity index is 2.35. The molecule has 0 aromatic heterocycles. The number of carbonyl (C=O) groups excluding carboxylic acids is 2. The molecule has 0 unspecified atom stereocenters. The van der Waals surface area contributed by atoms with Crippen molar-refractivity contribution in [3.8, 4) is 11.5 Å². The minimum Gasteiger partial charge on any atom is -0.493 e. The predicted molar refractivity (Wildman–Crippen MR) is 67.2 cm³/mol. The third kappa shape index (κ3) is 2.54. The van der Waals surface area contributed by atoms with Gasteiger partial charge in [0.05, 0.1) is 26.6 Å². The van der Waals surface area contributed by atoms with Crippen molar-refractivity contribution in [1.82, 2.24) is 0 Å². The molecule has 0 radical (unpaired) electrons. The highest BCUT2D eigenvalue weighted by Crippen LogP contribution is 2.39. The van der Waals surface area contributed by atoms with Gasteiger partial charge in [-0.05, 0) is 24.6 Å². The zero-order chi connectivity index (χ0) is 14.0. The van der Waals surface area contributed by atoms with Crippen LogP contribution in [0.15, 0.2) is 18.2 Å². The highest BCUT2D eigenvalue weighted by Gasteiger charge is 2.39. The lowest BCUT2D eigenvalue weighted by Crippen LogP contribution is -2.15. The van der Waals surface area contributed by atoms with Gasteiger partial charge in [0, 0.05) is 0 Å². The van der Waals surface area contributed by atoms with Crippen LogP contribution in [0.5, 0.6) is 11.5 Å². The SMILES string of the molecule is COc1ccc([C@@H]2OC(=O)C[C@H]2C(C)=O)cc1OC. The molecule has 2 rings (SSSR count). The monoisotopic (exact) mass is 264 g/mol. The molecule has 0 N–H and O–H groups in total. The molecule has 1 aromatic carbocycles. The second kappa shape index (κ2) is 5.30. The first-order valence-electron chi connectivity index (χ1n) is 5.98. The van der Waals surface area contributed by atoms with Crippen molar-refractivity contribution in [2.24, 2.45) is 5.92 Å². The van der Waals surface area contributed by atoms with Crippen LogP contribution in [-0.2, 0) is 14.3 Å². The van der Waals surface area contributed by atoms with Crippen LogP contribution in [0, 0.1) is 5.92 Å². The van der Waals surface area contributed by atoms with Gasteiger partial charge in [-0.15, -0.1) is 0 Å². The van der Waals surface area contributed by atoms with Crippen molar-refractivity contribution in [2.45, 2.75) is 19.4 Å². The van der Waals surface area contributed by atoms with Crippen molar-refractivity contribution in [3.63, 3.8) is 0 Å².